The second-order valence-corrected chi connectivity index (χ2v) is 5.48. The molecule has 2 unspecified atom stereocenters. The first-order chi connectivity index (χ1) is 9.61. The molecular weight excluding hydrogens is 258 g/mol. The van der Waals surface area contributed by atoms with Crippen LogP contribution < -0.4 is 0 Å². The zero-order valence-corrected chi connectivity index (χ0v) is 11.3. The lowest BCUT2D eigenvalue weighted by Crippen LogP contribution is -2.33. The first-order valence-electron chi connectivity index (χ1n) is 7.03. The van der Waals surface area contributed by atoms with Gasteiger partial charge in [0.25, 0.3) is 5.69 Å². The number of para-hydroxylation sites is 1. The Morgan fingerprint density at radius 2 is 1.90 bits per heavy atom. The largest absolute Gasteiger partial charge is 0.344 e. The summed E-state index contributed by atoms with van der Waals surface area (Å²) >= 11 is 0. The number of hydrogen-bond acceptors (Lipinski definition) is 4. The maximum atomic E-state index is 11.1. The van der Waals surface area contributed by atoms with Crippen LogP contribution in [0.4, 0.5) is 5.69 Å². The Kier molecular flexibility index (Phi) is 3.48. The zero-order valence-electron chi connectivity index (χ0n) is 11.3. The summed E-state index contributed by atoms with van der Waals surface area (Å²) in [6.45, 7) is 3.98. The SMILES string of the molecule is [CH2]C1OC2(CCCCC2)OC1c1ccccc1[N+](=O)[O-]. The molecule has 5 nitrogen and oxygen atoms in total. The maximum absolute atomic E-state index is 11.1. The normalized spacial score (nSPS) is 28.6. The summed E-state index contributed by atoms with van der Waals surface area (Å²) in [5.74, 6) is -0.584. The molecule has 1 heterocycles. The third kappa shape index (κ3) is 2.31. The molecule has 20 heavy (non-hydrogen) atoms. The first-order valence-corrected chi connectivity index (χ1v) is 7.03. The predicted octanol–water partition coefficient (Wildman–Crippen LogP) is 3.55. The monoisotopic (exact) mass is 276 g/mol. The summed E-state index contributed by atoms with van der Waals surface area (Å²) in [6.07, 6.45) is 4.13. The van der Waals surface area contributed by atoms with E-state index in [2.05, 4.69) is 6.92 Å². The van der Waals surface area contributed by atoms with Crippen molar-refractivity contribution in [3.8, 4) is 0 Å². The van der Waals surface area contributed by atoms with E-state index in [0.717, 1.165) is 25.7 Å². The van der Waals surface area contributed by atoms with Crippen molar-refractivity contribution in [3.05, 3.63) is 46.9 Å². The van der Waals surface area contributed by atoms with E-state index in [4.69, 9.17) is 9.47 Å². The van der Waals surface area contributed by atoms with Gasteiger partial charge in [-0.2, -0.15) is 0 Å². The molecule has 2 atom stereocenters. The Balaban J connectivity index is 1.89. The van der Waals surface area contributed by atoms with Crippen LogP contribution in [0.25, 0.3) is 0 Å². The molecule has 1 aromatic carbocycles. The quantitative estimate of drug-likeness (QED) is 0.612. The van der Waals surface area contributed by atoms with Gasteiger partial charge in [0, 0.05) is 18.9 Å². The van der Waals surface area contributed by atoms with Crippen molar-refractivity contribution in [2.24, 2.45) is 0 Å². The van der Waals surface area contributed by atoms with Crippen LogP contribution >= 0.6 is 0 Å². The number of nitrogens with zero attached hydrogens (tertiary/aromatic N) is 1. The fourth-order valence-corrected chi connectivity index (χ4v) is 3.16. The zero-order chi connectivity index (χ0) is 14.2. The highest BCUT2D eigenvalue weighted by atomic mass is 16.8. The van der Waals surface area contributed by atoms with Gasteiger partial charge >= 0.3 is 0 Å². The molecule has 0 bridgehead atoms. The van der Waals surface area contributed by atoms with Crippen molar-refractivity contribution in [2.75, 3.05) is 0 Å². The van der Waals surface area contributed by atoms with Gasteiger partial charge in [-0.1, -0.05) is 18.6 Å². The van der Waals surface area contributed by atoms with Gasteiger partial charge in [0.05, 0.1) is 16.6 Å². The molecule has 0 N–H and O–H groups in total. The lowest BCUT2D eigenvalue weighted by molar-refractivity contribution is -0.386. The molecule has 1 aliphatic carbocycles. The number of hydrogen-bond donors (Lipinski definition) is 0. The van der Waals surface area contributed by atoms with E-state index in [9.17, 15) is 10.1 Å². The highest BCUT2D eigenvalue weighted by Crippen LogP contribution is 2.47. The van der Waals surface area contributed by atoms with E-state index in [0.29, 0.717) is 5.56 Å². The second-order valence-electron chi connectivity index (χ2n) is 5.48. The summed E-state index contributed by atoms with van der Waals surface area (Å²) in [6, 6.07) is 6.67. The summed E-state index contributed by atoms with van der Waals surface area (Å²) < 4.78 is 12.0. The van der Waals surface area contributed by atoms with E-state index in [1.807, 2.05) is 0 Å². The molecule has 1 saturated carbocycles. The minimum Gasteiger partial charge on any atom is -0.344 e. The molecule has 1 radical (unpaired) electrons. The summed E-state index contributed by atoms with van der Waals surface area (Å²) in [5.41, 5.74) is 0.627. The molecule has 1 spiro atoms. The maximum Gasteiger partial charge on any atom is 0.275 e. The first kappa shape index (κ1) is 13.5. The van der Waals surface area contributed by atoms with Crippen molar-refractivity contribution in [1.29, 1.82) is 0 Å². The van der Waals surface area contributed by atoms with Crippen LogP contribution in [0.5, 0.6) is 0 Å². The number of nitro benzene ring substituents is 1. The van der Waals surface area contributed by atoms with Gasteiger partial charge in [-0.15, -0.1) is 0 Å². The smallest absolute Gasteiger partial charge is 0.275 e. The van der Waals surface area contributed by atoms with Crippen LogP contribution in [0.2, 0.25) is 0 Å². The average Bonchev–Trinajstić information content (AvgIpc) is 2.76. The Morgan fingerprint density at radius 1 is 1.20 bits per heavy atom. The van der Waals surface area contributed by atoms with Crippen molar-refractivity contribution in [2.45, 2.75) is 50.1 Å². The highest BCUT2D eigenvalue weighted by Gasteiger charge is 2.48. The predicted molar refractivity (Wildman–Crippen MR) is 73.0 cm³/mol. The Hall–Kier alpha value is -1.46. The highest BCUT2D eigenvalue weighted by molar-refractivity contribution is 5.42. The minimum absolute atomic E-state index is 0.0719. The van der Waals surface area contributed by atoms with Gasteiger partial charge in [-0.25, -0.2) is 0 Å². The van der Waals surface area contributed by atoms with Crippen LogP contribution in [0.15, 0.2) is 24.3 Å². The standard InChI is InChI=1S/C15H18NO4/c1-11-14(12-7-3-4-8-13(12)16(17)18)20-15(19-11)9-5-2-6-10-15/h3-4,7-8,11,14H,1-2,5-6,9-10H2. The van der Waals surface area contributed by atoms with Crippen LogP contribution in [0, 0.1) is 17.0 Å². The molecule has 3 rings (SSSR count). The average molecular weight is 276 g/mol. The van der Waals surface area contributed by atoms with E-state index < -0.39 is 18.0 Å². The van der Waals surface area contributed by atoms with Crippen LogP contribution in [-0.4, -0.2) is 16.8 Å². The molecule has 107 valence electrons. The number of benzene rings is 1. The van der Waals surface area contributed by atoms with Crippen LogP contribution in [-0.2, 0) is 9.47 Å². The molecule has 2 fully saturated rings. The molecular formula is C15H18NO4. The van der Waals surface area contributed by atoms with Gasteiger partial charge in [0.1, 0.15) is 6.10 Å². The second kappa shape index (κ2) is 5.14. The number of ether oxygens (including phenoxy) is 2. The lowest BCUT2D eigenvalue weighted by Gasteiger charge is -2.31. The number of rotatable bonds is 2. The van der Waals surface area contributed by atoms with Gasteiger partial charge < -0.3 is 9.47 Å². The van der Waals surface area contributed by atoms with Crippen LogP contribution in [0.1, 0.15) is 43.8 Å². The molecule has 1 aliphatic heterocycles. The number of nitro groups is 1. The van der Waals surface area contributed by atoms with Crippen molar-refractivity contribution < 1.29 is 14.4 Å². The van der Waals surface area contributed by atoms with Crippen molar-refractivity contribution >= 4 is 5.69 Å². The Labute approximate surface area is 118 Å². The van der Waals surface area contributed by atoms with E-state index in [-0.39, 0.29) is 10.6 Å². The van der Waals surface area contributed by atoms with Crippen LogP contribution in [0.3, 0.4) is 0 Å². The van der Waals surface area contributed by atoms with Gasteiger partial charge in [0.2, 0.25) is 0 Å². The van der Waals surface area contributed by atoms with Gasteiger partial charge in [0.15, 0.2) is 5.79 Å². The molecule has 1 aromatic rings. The molecule has 0 amide bonds. The molecule has 2 aliphatic rings. The summed E-state index contributed by atoms with van der Waals surface area (Å²) in [4.78, 5) is 10.8. The fourth-order valence-electron chi connectivity index (χ4n) is 3.16. The van der Waals surface area contributed by atoms with E-state index in [1.165, 1.54) is 12.5 Å². The molecule has 0 aromatic heterocycles. The molecule has 5 heteroatoms. The van der Waals surface area contributed by atoms with E-state index >= 15 is 0 Å². The Morgan fingerprint density at radius 3 is 2.60 bits per heavy atom. The topological polar surface area (TPSA) is 61.6 Å². The summed E-state index contributed by atoms with van der Waals surface area (Å²) in [7, 11) is 0. The lowest BCUT2D eigenvalue weighted by atomic mass is 9.94. The van der Waals surface area contributed by atoms with Crippen molar-refractivity contribution in [1.82, 2.24) is 0 Å². The Bertz CT molecular complexity index is 510. The minimum atomic E-state index is -0.584. The molecule has 1 saturated heterocycles. The fraction of sp³-hybridized carbons (Fsp3) is 0.533. The van der Waals surface area contributed by atoms with Crippen molar-refractivity contribution in [3.63, 3.8) is 0 Å². The summed E-state index contributed by atoms with van der Waals surface area (Å²) in [5, 5.41) is 11.1. The van der Waals surface area contributed by atoms with Gasteiger partial charge in [-0.05, 0) is 25.8 Å². The van der Waals surface area contributed by atoms with E-state index in [1.54, 1.807) is 18.2 Å². The third-order valence-electron chi connectivity index (χ3n) is 4.10. The third-order valence-corrected chi connectivity index (χ3v) is 4.10. The van der Waals surface area contributed by atoms with Gasteiger partial charge in [-0.3, -0.25) is 10.1 Å².